The van der Waals surface area contributed by atoms with Crippen molar-refractivity contribution in [2.75, 3.05) is 13.1 Å². The first-order chi connectivity index (χ1) is 8.97. The van der Waals surface area contributed by atoms with Crippen molar-refractivity contribution in [3.63, 3.8) is 0 Å². The molecule has 4 nitrogen and oxygen atoms in total. The van der Waals surface area contributed by atoms with Crippen molar-refractivity contribution in [1.82, 2.24) is 4.90 Å². The number of phenolic OH excluding ortho intramolecular Hbond substituents is 1. The summed E-state index contributed by atoms with van der Waals surface area (Å²) in [6.07, 6.45) is 1.05. The number of hydrogen-bond acceptors (Lipinski definition) is 3. The molecule has 6 heteroatoms. The third-order valence-corrected chi connectivity index (χ3v) is 4.16. The Labute approximate surface area is 121 Å². The zero-order valence-electron chi connectivity index (χ0n) is 10.3. The Morgan fingerprint density at radius 3 is 2.84 bits per heavy atom. The number of carbonyl (C=O) groups is 1. The molecular formula is C13H15Cl2NO3. The zero-order chi connectivity index (χ0) is 14.0. The third-order valence-electron chi connectivity index (χ3n) is 3.38. The van der Waals surface area contributed by atoms with Gasteiger partial charge in [0.15, 0.2) is 0 Å². The predicted molar refractivity (Wildman–Crippen MR) is 73.8 cm³/mol. The Balaban J connectivity index is 2.03. The maximum atomic E-state index is 10.7. The van der Waals surface area contributed by atoms with Crippen LogP contribution in [0.1, 0.15) is 18.4 Å². The molecular weight excluding hydrogens is 289 g/mol. The first kappa shape index (κ1) is 14.4. The Morgan fingerprint density at radius 2 is 2.16 bits per heavy atom. The Morgan fingerprint density at radius 1 is 1.42 bits per heavy atom. The van der Waals surface area contributed by atoms with Crippen LogP contribution in [0.4, 0.5) is 0 Å². The molecule has 1 atom stereocenters. The van der Waals surface area contributed by atoms with Gasteiger partial charge in [-0.05, 0) is 31.0 Å². The van der Waals surface area contributed by atoms with E-state index in [1.165, 1.54) is 6.07 Å². The smallest absolute Gasteiger partial charge is 0.303 e. The van der Waals surface area contributed by atoms with E-state index < -0.39 is 5.97 Å². The second kappa shape index (κ2) is 5.99. The molecule has 104 valence electrons. The van der Waals surface area contributed by atoms with Crippen LogP contribution in [0.2, 0.25) is 10.0 Å². The Kier molecular flexibility index (Phi) is 4.55. The van der Waals surface area contributed by atoms with E-state index in [2.05, 4.69) is 4.90 Å². The standard InChI is InChI=1S/C13H15Cl2NO3/c14-10-1-2-11(17)13(15)9(10)7-16-4-3-8(6-16)5-12(18)19/h1-2,8,17H,3-7H2,(H,18,19)/t8-/m1/s1. The number of rotatable bonds is 4. The van der Waals surface area contributed by atoms with Gasteiger partial charge in [-0.3, -0.25) is 9.69 Å². The van der Waals surface area contributed by atoms with E-state index in [0.29, 0.717) is 23.7 Å². The number of phenols is 1. The minimum Gasteiger partial charge on any atom is -0.506 e. The van der Waals surface area contributed by atoms with Crippen LogP contribution in [0.3, 0.4) is 0 Å². The maximum absolute atomic E-state index is 10.7. The summed E-state index contributed by atoms with van der Waals surface area (Å²) in [5.74, 6) is -0.574. The van der Waals surface area contributed by atoms with Crippen molar-refractivity contribution in [2.24, 2.45) is 5.92 Å². The van der Waals surface area contributed by atoms with E-state index in [-0.39, 0.29) is 23.1 Å². The molecule has 0 spiro atoms. The number of carboxylic acid groups (broad SMARTS) is 1. The second-order valence-electron chi connectivity index (χ2n) is 4.85. The fourth-order valence-electron chi connectivity index (χ4n) is 2.42. The number of carboxylic acids is 1. The van der Waals surface area contributed by atoms with Gasteiger partial charge in [0.2, 0.25) is 0 Å². The quantitative estimate of drug-likeness (QED) is 0.897. The summed E-state index contributed by atoms with van der Waals surface area (Å²) in [5, 5.41) is 19.2. The van der Waals surface area contributed by atoms with E-state index in [1.807, 2.05) is 0 Å². The molecule has 0 aliphatic carbocycles. The summed E-state index contributed by atoms with van der Waals surface area (Å²) in [4.78, 5) is 12.8. The molecule has 0 bridgehead atoms. The van der Waals surface area contributed by atoms with Crippen LogP contribution >= 0.6 is 23.2 Å². The SMILES string of the molecule is O=C(O)C[C@H]1CCN(Cc2c(Cl)ccc(O)c2Cl)C1. The van der Waals surface area contributed by atoms with Gasteiger partial charge in [-0.15, -0.1) is 0 Å². The molecule has 1 saturated heterocycles. The molecule has 1 aliphatic heterocycles. The third kappa shape index (κ3) is 3.53. The van der Waals surface area contributed by atoms with E-state index in [1.54, 1.807) is 6.07 Å². The number of halogens is 2. The number of nitrogens with zero attached hydrogens (tertiary/aromatic N) is 1. The maximum Gasteiger partial charge on any atom is 0.303 e. The molecule has 1 fully saturated rings. The van der Waals surface area contributed by atoms with Gasteiger partial charge in [0.25, 0.3) is 0 Å². The molecule has 2 N–H and O–H groups in total. The van der Waals surface area contributed by atoms with E-state index >= 15 is 0 Å². The molecule has 1 aromatic rings. The lowest BCUT2D eigenvalue weighted by Gasteiger charge is -2.18. The van der Waals surface area contributed by atoms with Crippen LogP contribution in [0.25, 0.3) is 0 Å². The summed E-state index contributed by atoms with van der Waals surface area (Å²) < 4.78 is 0. The van der Waals surface area contributed by atoms with Crippen molar-refractivity contribution < 1.29 is 15.0 Å². The van der Waals surface area contributed by atoms with Gasteiger partial charge in [0, 0.05) is 30.1 Å². The van der Waals surface area contributed by atoms with Crippen LogP contribution in [0.15, 0.2) is 12.1 Å². The Hall–Kier alpha value is -0.970. The number of hydrogen-bond donors (Lipinski definition) is 2. The highest BCUT2D eigenvalue weighted by molar-refractivity contribution is 6.36. The molecule has 1 aliphatic rings. The minimum absolute atomic E-state index is 0.0161. The molecule has 1 aromatic carbocycles. The molecule has 1 heterocycles. The molecule has 0 unspecified atom stereocenters. The highest BCUT2D eigenvalue weighted by Crippen LogP contribution is 2.34. The molecule has 0 saturated carbocycles. The monoisotopic (exact) mass is 303 g/mol. The summed E-state index contributed by atoms with van der Waals surface area (Å²) in [6.45, 7) is 2.07. The van der Waals surface area contributed by atoms with Crippen LogP contribution in [0, 0.1) is 5.92 Å². The number of benzene rings is 1. The highest BCUT2D eigenvalue weighted by atomic mass is 35.5. The van der Waals surface area contributed by atoms with E-state index in [9.17, 15) is 9.90 Å². The predicted octanol–water partition coefficient (Wildman–Crippen LogP) is 3.00. The van der Waals surface area contributed by atoms with E-state index in [0.717, 1.165) is 13.0 Å². The van der Waals surface area contributed by atoms with Gasteiger partial charge in [0.1, 0.15) is 5.75 Å². The van der Waals surface area contributed by atoms with Gasteiger partial charge in [-0.2, -0.15) is 0 Å². The normalized spacial score (nSPS) is 19.8. The largest absolute Gasteiger partial charge is 0.506 e. The van der Waals surface area contributed by atoms with Gasteiger partial charge in [0.05, 0.1) is 5.02 Å². The van der Waals surface area contributed by atoms with Crippen molar-refractivity contribution in [1.29, 1.82) is 0 Å². The van der Waals surface area contributed by atoms with Crippen LogP contribution in [-0.4, -0.2) is 34.2 Å². The average Bonchev–Trinajstić information content (AvgIpc) is 2.76. The fraction of sp³-hybridized carbons (Fsp3) is 0.462. The van der Waals surface area contributed by atoms with Gasteiger partial charge in [-0.25, -0.2) is 0 Å². The number of aliphatic carboxylic acids is 1. The molecule has 0 radical (unpaired) electrons. The summed E-state index contributed by atoms with van der Waals surface area (Å²) in [6, 6.07) is 3.08. The second-order valence-corrected chi connectivity index (χ2v) is 5.63. The summed E-state index contributed by atoms with van der Waals surface area (Å²) >= 11 is 12.1. The number of aromatic hydroxyl groups is 1. The average molecular weight is 304 g/mol. The molecule has 2 rings (SSSR count). The van der Waals surface area contributed by atoms with Gasteiger partial charge >= 0.3 is 5.97 Å². The van der Waals surface area contributed by atoms with Crippen molar-refractivity contribution in [3.8, 4) is 5.75 Å². The van der Waals surface area contributed by atoms with E-state index in [4.69, 9.17) is 28.3 Å². The zero-order valence-corrected chi connectivity index (χ0v) is 11.8. The number of likely N-dealkylation sites (tertiary alicyclic amines) is 1. The van der Waals surface area contributed by atoms with Crippen molar-refractivity contribution in [3.05, 3.63) is 27.7 Å². The highest BCUT2D eigenvalue weighted by Gasteiger charge is 2.25. The first-order valence-corrected chi connectivity index (χ1v) is 6.83. The fourth-order valence-corrected chi connectivity index (χ4v) is 2.91. The molecule has 19 heavy (non-hydrogen) atoms. The van der Waals surface area contributed by atoms with Crippen molar-refractivity contribution >= 4 is 29.2 Å². The van der Waals surface area contributed by atoms with Crippen molar-refractivity contribution in [2.45, 2.75) is 19.4 Å². The lowest BCUT2D eigenvalue weighted by molar-refractivity contribution is -0.138. The lowest BCUT2D eigenvalue weighted by atomic mass is 10.1. The van der Waals surface area contributed by atoms with Gasteiger partial charge in [-0.1, -0.05) is 23.2 Å². The van der Waals surface area contributed by atoms with Crippen LogP contribution in [-0.2, 0) is 11.3 Å². The minimum atomic E-state index is -0.764. The summed E-state index contributed by atoms with van der Waals surface area (Å²) in [5.41, 5.74) is 0.694. The lowest BCUT2D eigenvalue weighted by Crippen LogP contribution is -2.21. The molecule has 0 amide bonds. The van der Waals surface area contributed by atoms with Crippen LogP contribution in [0.5, 0.6) is 5.75 Å². The molecule has 0 aromatic heterocycles. The first-order valence-electron chi connectivity index (χ1n) is 6.07. The topological polar surface area (TPSA) is 60.8 Å². The summed E-state index contributed by atoms with van der Waals surface area (Å²) in [7, 11) is 0. The Bertz CT molecular complexity index is 493. The van der Waals surface area contributed by atoms with Crippen LogP contribution < -0.4 is 0 Å². The van der Waals surface area contributed by atoms with Gasteiger partial charge < -0.3 is 10.2 Å².